The number of aromatic nitrogens is 3. The summed E-state index contributed by atoms with van der Waals surface area (Å²) in [6.07, 6.45) is 6.31. The lowest BCUT2D eigenvalue weighted by atomic mass is 10.1. The van der Waals surface area contributed by atoms with E-state index in [9.17, 15) is 14.4 Å². The van der Waals surface area contributed by atoms with E-state index in [-0.39, 0.29) is 30.2 Å². The molecule has 3 aromatic rings. The van der Waals surface area contributed by atoms with Crippen LogP contribution in [-0.4, -0.2) is 79.7 Å². The van der Waals surface area contributed by atoms with Crippen LogP contribution in [0.4, 0.5) is 9.59 Å². The number of ether oxygens (including phenoxy) is 2. The number of amides is 3. The van der Waals surface area contributed by atoms with Crippen molar-refractivity contribution in [2.75, 3.05) is 19.6 Å². The van der Waals surface area contributed by atoms with Crippen molar-refractivity contribution in [3.63, 3.8) is 0 Å². The Morgan fingerprint density at radius 3 is 2.09 bits per heavy atom. The summed E-state index contributed by atoms with van der Waals surface area (Å²) < 4.78 is 11.1. The molecule has 0 bridgehead atoms. The van der Waals surface area contributed by atoms with Gasteiger partial charge in [0, 0.05) is 42.5 Å². The van der Waals surface area contributed by atoms with Gasteiger partial charge < -0.3 is 24.7 Å². The molecule has 240 valence electrons. The zero-order chi connectivity index (χ0) is 32.4. The van der Waals surface area contributed by atoms with Crippen LogP contribution in [0.3, 0.4) is 0 Å². The number of nitrogens with one attached hydrogen (secondary N) is 2. The lowest BCUT2D eigenvalue weighted by Crippen LogP contribution is -2.45. The van der Waals surface area contributed by atoms with Crippen LogP contribution in [0.15, 0.2) is 48.8 Å². The van der Waals surface area contributed by atoms with Gasteiger partial charge in [-0.25, -0.2) is 14.6 Å². The Kier molecular flexibility index (Phi) is 9.18. The van der Waals surface area contributed by atoms with Gasteiger partial charge in [-0.1, -0.05) is 12.1 Å². The van der Waals surface area contributed by atoms with Crippen molar-refractivity contribution in [3.8, 4) is 22.5 Å². The molecule has 0 aliphatic carbocycles. The van der Waals surface area contributed by atoms with Crippen LogP contribution in [0, 0.1) is 0 Å². The molecule has 45 heavy (non-hydrogen) atoms. The van der Waals surface area contributed by atoms with Crippen molar-refractivity contribution in [1.29, 1.82) is 0 Å². The first-order valence-corrected chi connectivity index (χ1v) is 15.7. The number of benzene rings is 1. The van der Waals surface area contributed by atoms with Crippen molar-refractivity contribution in [2.24, 2.45) is 0 Å². The zero-order valence-electron chi connectivity index (χ0n) is 27.1. The number of nitrogens with zero attached hydrogens (tertiary/aromatic N) is 4. The smallest absolute Gasteiger partial charge is 0.410 e. The third-order valence-corrected chi connectivity index (χ3v) is 7.81. The number of carbonyl (C=O) groups excluding carboxylic acids is 3. The van der Waals surface area contributed by atoms with Gasteiger partial charge in [-0.15, -0.1) is 0 Å². The predicted octanol–water partition coefficient (Wildman–Crippen LogP) is 6.34. The Morgan fingerprint density at radius 2 is 1.44 bits per heavy atom. The number of rotatable bonds is 6. The average molecular weight is 617 g/mol. The summed E-state index contributed by atoms with van der Waals surface area (Å²) >= 11 is 0. The molecule has 0 spiro atoms. The molecule has 0 radical (unpaired) electrons. The molecule has 2 N–H and O–H groups in total. The lowest BCUT2D eigenvalue weighted by Gasteiger charge is -2.28. The normalized spacial score (nSPS) is 18.6. The second kappa shape index (κ2) is 12.9. The van der Waals surface area contributed by atoms with Gasteiger partial charge in [0.05, 0.1) is 29.7 Å². The van der Waals surface area contributed by atoms with E-state index >= 15 is 0 Å². The molecule has 2 unspecified atom stereocenters. The first-order valence-electron chi connectivity index (χ1n) is 15.7. The Hall–Kier alpha value is -4.41. The van der Waals surface area contributed by atoms with E-state index in [1.165, 1.54) is 0 Å². The van der Waals surface area contributed by atoms with E-state index in [1.807, 2.05) is 65.8 Å². The van der Waals surface area contributed by atoms with Crippen molar-refractivity contribution in [1.82, 2.24) is 30.1 Å². The summed E-state index contributed by atoms with van der Waals surface area (Å²) in [4.78, 5) is 54.2. The maximum absolute atomic E-state index is 12.9. The molecule has 3 amide bonds. The fourth-order valence-electron chi connectivity index (χ4n) is 5.68. The minimum absolute atomic E-state index is 0.0844. The summed E-state index contributed by atoms with van der Waals surface area (Å²) in [5, 5.41) is 2.97. The number of imidazole rings is 1. The molecular weight excluding hydrogens is 572 g/mol. The highest BCUT2D eigenvalue weighted by molar-refractivity contribution is 5.94. The van der Waals surface area contributed by atoms with Crippen molar-refractivity contribution in [3.05, 3.63) is 60.2 Å². The SMILES string of the molecule is CC(C)(C)OC(=O)N1CCCC1CNC(=O)c1ccc(-c2ccc(-c3cnc(C4CCCN4C(=O)OC(C)(C)C)[nH]3)cn2)cc1. The quantitative estimate of drug-likeness (QED) is 0.331. The van der Waals surface area contributed by atoms with Crippen LogP contribution in [-0.2, 0) is 9.47 Å². The van der Waals surface area contributed by atoms with Gasteiger partial charge in [-0.3, -0.25) is 14.7 Å². The van der Waals surface area contributed by atoms with Crippen LogP contribution < -0.4 is 5.32 Å². The topological polar surface area (TPSA) is 130 Å². The monoisotopic (exact) mass is 616 g/mol. The largest absolute Gasteiger partial charge is 0.444 e. The molecule has 2 saturated heterocycles. The highest BCUT2D eigenvalue weighted by Crippen LogP contribution is 2.33. The molecule has 2 atom stereocenters. The average Bonchev–Trinajstić information content (AvgIpc) is 3.75. The molecule has 11 heteroatoms. The standard InChI is InChI=1S/C34H44N6O5/c1-33(2,3)44-31(42)39-17-7-9-25(39)20-37-30(41)23-13-11-22(12-14-23)26-16-15-24(19-35-26)27-21-36-29(38-27)28-10-8-18-40(28)32(43)45-34(4,5)6/h11-16,19,21,25,28H,7-10,17-18,20H2,1-6H3,(H,36,38)(H,37,41). The van der Waals surface area contributed by atoms with Crippen molar-refractivity contribution < 1.29 is 23.9 Å². The number of pyridine rings is 1. The summed E-state index contributed by atoms with van der Waals surface area (Å²) in [5.41, 5.74) is 2.78. The minimum atomic E-state index is -0.560. The molecule has 2 aliphatic rings. The van der Waals surface area contributed by atoms with Gasteiger partial charge in [0.2, 0.25) is 0 Å². The maximum atomic E-state index is 12.9. The van der Waals surface area contributed by atoms with Gasteiger partial charge >= 0.3 is 12.2 Å². The van der Waals surface area contributed by atoms with Crippen LogP contribution >= 0.6 is 0 Å². The van der Waals surface area contributed by atoms with E-state index in [2.05, 4.69) is 20.3 Å². The molecule has 2 aromatic heterocycles. The molecule has 2 aliphatic heterocycles. The van der Waals surface area contributed by atoms with E-state index in [0.29, 0.717) is 25.2 Å². The van der Waals surface area contributed by atoms with E-state index in [4.69, 9.17) is 9.47 Å². The van der Waals surface area contributed by atoms with Crippen LogP contribution in [0.2, 0.25) is 0 Å². The van der Waals surface area contributed by atoms with Gasteiger partial charge in [-0.2, -0.15) is 0 Å². The molecule has 0 saturated carbocycles. The van der Waals surface area contributed by atoms with Gasteiger partial charge in [0.25, 0.3) is 5.91 Å². The Balaban J connectivity index is 1.17. The highest BCUT2D eigenvalue weighted by Gasteiger charge is 2.35. The number of aromatic amines is 1. The first-order chi connectivity index (χ1) is 21.3. The molecule has 2 fully saturated rings. The number of H-pyrrole nitrogens is 1. The zero-order valence-corrected chi connectivity index (χ0v) is 27.1. The van der Waals surface area contributed by atoms with Crippen molar-refractivity contribution >= 4 is 18.1 Å². The molecule has 5 rings (SSSR count). The Labute approximate surface area is 264 Å². The van der Waals surface area contributed by atoms with Crippen LogP contribution in [0.25, 0.3) is 22.5 Å². The molecule has 1 aromatic carbocycles. The fraction of sp³-hybridized carbons (Fsp3) is 0.500. The third kappa shape index (κ3) is 8.01. The van der Waals surface area contributed by atoms with Gasteiger partial charge in [0.15, 0.2) is 0 Å². The molecular formula is C34H44N6O5. The molecule has 4 heterocycles. The third-order valence-electron chi connectivity index (χ3n) is 7.81. The fourth-order valence-corrected chi connectivity index (χ4v) is 5.68. The van der Waals surface area contributed by atoms with E-state index in [0.717, 1.165) is 54.0 Å². The number of hydrogen-bond donors (Lipinski definition) is 2. The van der Waals surface area contributed by atoms with Crippen molar-refractivity contribution in [2.45, 2.75) is 90.5 Å². The Bertz CT molecular complexity index is 1500. The van der Waals surface area contributed by atoms with E-state index < -0.39 is 11.2 Å². The maximum Gasteiger partial charge on any atom is 0.410 e. The Morgan fingerprint density at radius 1 is 0.822 bits per heavy atom. The first kappa shape index (κ1) is 32.0. The van der Waals surface area contributed by atoms with E-state index in [1.54, 1.807) is 34.3 Å². The summed E-state index contributed by atoms with van der Waals surface area (Å²) in [7, 11) is 0. The van der Waals surface area contributed by atoms with Gasteiger partial charge in [0.1, 0.15) is 17.0 Å². The summed E-state index contributed by atoms with van der Waals surface area (Å²) in [6.45, 7) is 12.8. The summed E-state index contributed by atoms with van der Waals surface area (Å²) in [6, 6.07) is 11.0. The predicted molar refractivity (Wildman–Crippen MR) is 170 cm³/mol. The number of hydrogen-bond acceptors (Lipinski definition) is 7. The second-order valence-corrected chi connectivity index (χ2v) is 13.7. The highest BCUT2D eigenvalue weighted by atomic mass is 16.6. The lowest BCUT2D eigenvalue weighted by molar-refractivity contribution is 0.0211. The number of likely N-dealkylation sites (tertiary alicyclic amines) is 2. The summed E-state index contributed by atoms with van der Waals surface area (Å²) in [5.74, 6) is 0.542. The second-order valence-electron chi connectivity index (χ2n) is 13.7. The number of carbonyl (C=O) groups is 3. The van der Waals surface area contributed by atoms with Gasteiger partial charge in [-0.05, 0) is 91.5 Å². The van der Waals surface area contributed by atoms with Crippen LogP contribution in [0.5, 0.6) is 0 Å². The van der Waals surface area contributed by atoms with Crippen LogP contribution in [0.1, 0.15) is 89.4 Å². The molecule has 11 nitrogen and oxygen atoms in total. The minimum Gasteiger partial charge on any atom is -0.444 e.